The highest BCUT2D eigenvalue weighted by atomic mass is 19.4. The van der Waals surface area contributed by atoms with Gasteiger partial charge in [-0.3, -0.25) is 14.3 Å². The Bertz CT molecular complexity index is 1730. The Kier molecular flexibility index (Phi) is 8.04. The third kappa shape index (κ3) is 6.13. The molecule has 6 rings (SSSR count). The van der Waals surface area contributed by atoms with E-state index in [1.54, 1.807) is 30.5 Å². The maximum absolute atomic E-state index is 13.1. The van der Waals surface area contributed by atoms with E-state index in [-0.39, 0.29) is 29.4 Å². The average Bonchev–Trinajstić information content (AvgIpc) is 3.41. The van der Waals surface area contributed by atoms with Gasteiger partial charge in [-0.25, -0.2) is 9.97 Å². The zero-order valence-corrected chi connectivity index (χ0v) is 23.6. The minimum absolute atomic E-state index is 0.00320. The van der Waals surface area contributed by atoms with Gasteiger partial charge >= 0.3 is 6.18 Å². The number of carbonyl (C=O) groups is 2. The summed E-state index contributed by atoms with van der Waals surface area (Å²) >= 11 is 0. The van der Waals surface area contributed by atoms with Gasteiger partial charge < -0.3 is 21.1 Å². The van der Waals surface area contributed by atoms with Crippen LogP contribution in [0.25, 0.3) is 28.2 Å². The molecular weight excluding hydrogens is 575 g/mol. The van der Waals surface area contributed by atoms with E-state index in [0.29, 0.717) is 48.5 Å². The Balaban J connectivity index is 1.35. The number of amides is 2. The smallest absolute Gasteiger partial charge is 0.383 e. The first-order valence-electron chi connectivity index (χ1n) is 14.3. The van der Waals surface area contributed by atoms with Crippen LogP contribution in [0, 0.1) is 0 Å². The lowest BCUT2D eigenvalue weighted by molar-refractivity contribution is -0.137. The van der Waals surface area contributed by atoms with E-state index in [2.05, 4.69) is 20.6 Å². The molecule has 0 radical (unpaired) electrons. The summed E-state index contributed by atoms with van der Waals surface area (Å²) in [7, 11) is 0. The van der Waals surface area contributed by atoms with E-state index in [0.717, 1.165) is 48.7 Å². The number of hydrogen-bond acceptors (Lipinski definition) is 7. The number of nitrogens with one attached hydrogen (secondary N) is 2. The molecule has 0 saturated heterocycles. The van der Waals surface area contributed by atoms with Gasteiger partial charge in [-0.15, -0.1) is 0 Å². The van der Waals surface area contributed by atoms with Crippen molar-refractivity contribution < 1.29 is 27.5 Å². The normalized spacial score (nSPS) is 20.0. The second-order valence-corrected chi connectivity index (χ2v) is 10.9. The van der Waals surface area contributed by atoms with Crippen molar-refractivity contribution >= 4 is 40.4 Å². The lowest BCUT2D eigenvalue weighted by atomic mass is 9.90. The van der Waals surface area contributed by atoms with Crippen LogP contribution in [-0.4, -0.2) is 50.8 Å². The summed E-state index contributed by atoms with van der Waals surface area (Å²) in [4.78, 5) is 33.6. The first-order valence-corrected chi connectivity index (χ1v) is 14.3. The second-order valence-electron chi connectivity index (χ2n) is 10.9. The van der Waals surface area contributed by atoms with Crippen molar-refractivity contribution in [3.05, 3.63) is 71.6 Å². The second kappa shape index (κ2) is 12.1. The molecule has 0 spiro atoms. The quantitative estimate of drug-likeness (QED) is 0.285. The number of nitrogens with two attached hydrogens (primary N) is 1. The minimum Gasteiger partial charge on any atom is -0.383 e. The molecule has 2 atom stereocenters. The van der Waals surface area contributed by atoms with Crippen LogP contribution in [0.2, 0.25) is 0 Å². The van der Waals surface area contributed by atoms with E-state index < -0.39 is 17.6 Å². The molecule has 228 valence electrons. The van der Waals surface area contributed by atoms with Gasteiger partial charge in [0.1, 0.15) is 17.3 Å². The minimum atomic E-state index is -4.56. The average molecular weight is 606 g/mol. The van der Waals surface area contributed by atoms with Gasteiger partial charge in [-0.2, -0.15) is 18.3 Å². The van der Waals surface area contributed by atoms with Crippen molar-refractivity contribution in [3.8, 4) is 11.3 Å². The number of hydrogen-bond donors (Lipinski definition) is 3. The zero-order valence-electron chi connectivity index (χ0n) is 23.6. The van der Waals surface area contributed by atoms with Crippen molar-refractivity contribution in [1.82, 2.24) is 25.1 Å². The first kappa shape index (κ1) is 29.3. The summed E-state index contributed by atoms with van der Waals surface area (Å²) in [6.45, 7) is 0.654. The van der Waals surface area contributed by atoms with Crippen molar-refractivity contribution in [2.75, 3.05) is 24.3 Å². The zero-order chi connectivity index (χ0) is 30.8. The SMILES string of the molecule is Nc1ncc2c3c1c(-c1ccc(C(=O)Nc4cc(C(F)(F)F)ccn4)cc1)nn3[C@@H]1CCC[C@H](C1)NC(=O)CCOC/C=C/2. The Labute approximate surface area is 250 Å². The number of carbonyl (C=O) groups excluding carboxylic acids is 2. The van der Waals surface area contributed by atoms with Gasteiger partial charge in [-0.1, -0.05) is 24.3 Å². The van der Waals surface area contributed by atoms with Crippen molar-refractivity contribution in [3.63, 3.8) is 0 Å². The lowest BCUT2D eigenvalue weighted by Crippen LogP contribution is -2.39. The van der Waals surface area contributed by atoms with E-state index in [4.69, 9.17) is 15.6 Å². The number of fused-ring (bicyclic) bond motifs is 3. The van der Waals surface area contributed by atoms with Gasteiger partial charge in [-0.05, 0) is 49.9 Å². The molecule has 2 bridgehead atoms. The van der Waals surface area contributed by atoms with Crippen LogP contribution in [0.3, 0.4) is 0 Å². The molecule has 44 heavy (non-hydrogen) atoms. The van der Waals surface area contributed by atoms with Crippen molar-refractivity contribution in [2.45, 2.75) is 50.4 Å². The van der Waals surface area contributed by atoms with Crippen molar-refractivity contribution in [1.29, 1.82) is 0 Å². The molecule has 10 nitrogen and oxygen atoms in total. The van der Waals surface area contributed by atoms with Crippen molar-refractivity contribution in [2.24, 2.45) is 0 Å². The standard InChI is InChI=1S/C31H30F3N7O3/c32-31(33,34)21-10-12-36-24(15-21)39-30(43)19-8-6-18(7-9-19)27-26-28-20(17-37-29(26)35)3-2-13-44-14-11-25(42)38-22-4-1-5-23(16-22)41(28)40-27/h2-3,6-10,12,15,17,22-23H,1,4-5,11,13-14,16H2,(H2,35,37)(H,38,42)(H,36,39,43)/b3-2+/t22-,23-/m1/s1. The molecule has 0 unspecified atom stereocenters. The van der Waals surface area contributed by atoms with Crippen LogP contribution >= 0.6 is 0 Å². The fourth-order valence-electron chi connectivity index (χ4n) is 5.76. The number of rotatable bonds is 3. The van der Waals surface area contributed by atoms with Gasteiger partial charge in [0.05, 0.1) is 35.7 Å². The lowest BCUT2D eigenvalue weighted by Gasteiger charge is -2.30. The molecule has 4 aromatic rings. The summed E-state index contributed by atoms with van der Waals surface area (Å²) in [5.41, 5.74) is 8.66. The highest BCUT2D eigenvalue weighted by Gasteiger charge is 2.31. The predicted octanol–water partition coefficient (Wildman–Crippen LogP) is 5.38. The molecule has 4 N–H and O–H groups in total. The number of anilines is 2. The largest absolute Gasteiger partial charge is 0.416 e. The fraction of sp³-hybridized carbons (Fsp3) is 0.323. The monoisotopic (exact) mass is 605 g/mol. The van der Waals surface area contributed by atoms with E-state index in [9.17, 15) is 22.8 Å². The molecular formula is C31H30F3N7O3. The number of alkyl halides is 3. The van der Waals surface area contributed by atoms with Gasteiger partial charge in [0.2, 0.25) is 5.91 Å². The highest BCUT2D eigenvalue weighted by molar-refractivity contribution is 6.06. The maximum Gasteiger partial charge on any atom is 0.416 e. The molecule has 3 aromatic heterocycles. The van der Waals surface area contributed by atoms with Crippen LogP contribution < -0.4 is 16.4 Å². The molecule has 4 heterocycles. The summed E-state index contributed by atoms with van der Waals surface area (Å²) in [5, 5.41) is 11.3. The molecule has 1 aliphatic heterocycles. The number of benzene rings is 1. The Morgan fingerprint density at radius 2 is 1.95 bits per heavy atom. The Hall–Kier alpha value is -4.78. The Morgan fingerprint density at radius 1 is 1.14 bits per heavy atom. The van der Waals surface area contributed by atoms with Crippen LogP contribution in [0.5, 0.6) is 0 Å². The number of ether oxygens (including phenoxy) is 1. The highest BCUT2D eigenvalue weighted by Crippen LogP contribution is 2.39. The molecule has 1 aliphatic carbocycles. The number of aromatic nitrogens is 4. The predicted molar refractivity (Wildman–Crippen MR) is 158 cm³/mol. The first-order chi connectivity index (χ1) is 21.2. The van der Waals surface area contributed by atoms with Gasteiger partial charge in [0.25, 0.3) is 5.91 Å². The van der Waals surface area contributed by atoms with E-state index >= 15 is 0 Å². The van der Waals surface area contributed by atoms with E-state index in [1.165, 1.54) is 0 Å². The molecule has 1 saturated carbocycles. The summed E-state index contributed by atoms with van der Waals surface area (Å²) in [6, 6.07) is 8.18. The van der Waals surface area contributed by atoms with E-state index in [1.807, 2.05) is 16.8 Å². The number of halogens is 3. The summed E-state index contributed by atoms with van der Waals surface area (Å²) in [5.74, 6) is -0.554. The number of nitrogen functional groups attached to an aromatic ring is 1. The summed E-state index contributed by atoms with van der Waals surface area (Å²) in [6.07, 6.45) is 5.60. The Morgan fingerprint density at radius 3 is 2.75 bits per heavy atom. The van der Waals surface area contributed by atoms with Gasteiger partial charge in [0.15, 0.2) is 0 Å². The third-order valence-electron chi connectivity index (χ3n) is 7.87. The molecule has 2 amide bonds. The molecule has 1 aromatic carbocycles. The number of pyridine rings is 2. The van der Waals surface area contributed by atoms with Crippen LogP contribution in [0.15, 0.2) is 54.9 Å². The fourth-order valence-corrected chi connectivity index (χ4v) is 5.76. The van der Waals surface area contributed by atoms with Gasteiger partial charge in [0, 0.05) is 41.5 Å². The van der Waals surface area contributed by atoms with Crippen LogP contribution in [0.1, 0.15) is 59.6 Å². The summed E-state index contributed by atoms with van der Waals surface area (Å²) < 4.78 is 46.8. The van der Waals surface area contributed by atoms with Crippen LogP contribution in [-0.2, 0) is 15.7 Å². The topological polar surface area (TPSA) is 137 Å². The third-order valence-corrected chi connectivity index (χ3v) is 7.87. The number of nitrogens with zero attached hydrogens (tertiary/aromatic N) is 4. The van der Waals surface area contributed by atoms with Crippen LogP contribution in [0.4, 0.5) is 24.8 Å². The molecule has 13 heteroatoms. The molecule has 1 fully saturated rings. The maximum atomic E-state index is 13.1. The molecule has 2 aliphatic rings.